The highest BCUT2D eigenvalue weighted by Gasteiger charge is 2.13. The van der Waals surface area contributed by atoms with Gasteiger partial charge in [-0.1, -0.05) is 118 Å². The van der Waals surface area contributed by atoms with E-state index in [0.29, 0.717) is 5.92 Å². The van der Waals surface area contributed by atoms with Crippen molar-refractivity contribution in [1.82, 2.24) is 0 Å². The standard InChI is InChI=1S/C33H36O/c1-5-7-8-10-18-30-23-27(22-25(3)29-16-11-9-12-17-29)20-21-31(30)24-33(26(4)34)32-19-14-13-15-28(32)6-2/h6,8-17,19-21,23-25H,2,5,7,18,22H2,1,3-4H3/b10-8?,33-24+. The summed E-state index contributed by atoms with van der Waals surface area (Å²) >= 11 is 0. The third-order valence-electron chi connectivity index (χ3n) is 6.23. The molecule has 0 heterocycles. The van der Waals surface area contributed by atoms with Gasteiger partial charge in [0.05, 0.1) is 0 Å². The van der Waals surface area contributed by atoms with Gasteiger partial charge in [-0.15, -0.1) is 0 Å². The van der Waals surface area contributed by atoms with Gasteiger partial charge in [-0.25, -0.2) is 0 Å². The molecular formula is C33H36O. The first-order valence-electron chi connectivity index (χ1n) is 12.3. The maximum absolute atomic E-state index is 12.7. The molecule has 0 amide bonds. The molecule has 0 aliphatic carbocycles. The summed E-state index contributed by atoms with van der Waals surface area (Å²) in [5.41, 5.74) is 7.65. The number of unbranched alkanes of at least 4 members (excludes halogenated alkanes) is 1. The summed E-state index contributed by atoms with van der Waals surface area (Å²) in [5, 5.41) is 0. The first kappa shape index (κ1) is 25.2. The molecule has 1 heteroatoms. The minimum atomic E-state index is 0.0588. The molecule has 1 unspecified atom stereocenters. The monoisotopic (exact) mass is 448 g/mol. The van der Waals surface area contributed by atoms with Crippen molar-refractivity contribution in [2.24, 2.45) is 0 Å². The second kappa shape index (κ2) is 12.7. The van der Waals surface area contributed by atoms with Gasteiger partial charge in [-0.3, -0.25) is 4.79 Å². The molecule has 174 valence electrons. The van der Waals surface area contributed by atoms with E-state index < -0.39 is 0 Å². The van der Waals surface area contributed by atoms with Crippen LogP contribution >= 0.6 is 0 Å². The van der Waals surface area contributed by atoms with Crippen molar-refractivity contribution in [1.29, 1.82) is 0 Å². The third-order valence-corrected chi connectivity index (χ3v) is 6.23. The normalized spacial score (nSPS) is 12.6. The van der Waals surface area contributed by atoms with Gasteiger partial charge in [0.15, 0.2) is 5.78 Å². The fourth-order valence-corrected chi connectivity index (χ4v) is 4.30. The van der Waals surface area contributed by atoms with E-state index in [2.05, 4.69) is 87.2 Å². The summed E-state index contributed by atoms with van der Waals surface area (Å²) in [4.78, 5) is 12.7. The molecule has 0 aliphatic heterocycles. The number of ketones is 1. The molecule has 0 saturated carbocycles. The van der Waals surface area contributed by atoms with Crippen LogP contribution in [0.4, 0.5) is 0 Å². The highest BCUT2D eigenvalue weighted by atomic mass is 16.1. The Kier molecular flexibility index (Phi) is 9.40. The van der Waals surface area contributed by atoms with E-state index in [-0.39, 0.29) is 5.78 Å². The van der Waals surface area contributed by atoms with E-state index in [1.54, 1.807) is 6.92 Å². The van der Waals surface area contributed by atoms with E-state index in [1.807, 2.05) is 30.3 Å². The third kappa shape index (κ3) is 6.78. The Labute approximate surface area is 205 Å². The predicted octanol–water partition coefficient (Wildman–Crippen LogP) is 8.70. The van der Waals surface area contributed by atoms with Crippen molar-refractivity contribution in [3.63, 3.8) is 0 Å². The Morgan fingerprint density at radius 2 is 1.68 bits per heavy atom. The molecule has 0 fully saturated rings. The molecule has 34 heavy (non-hydrogen) atoms. The zero-order valence-electron chi connectivity index (χ0n) is 20.8. The number of hydrogen-bond donors (Lipinski definition) is 0. The van der Waals surface area contributed by atoms with Gasteiger partial charge in [-0.2, -0.15) is 0 Å². The van der Waals surface area contributed by atoms with Gasteiger partial charge in [0.25, 0.3) is 0 Å². The first-order valence-corrected chi connectivity index (χ1v) is 12.3. The van der Waals surface area contributed by atoms with Gasteiger partial charge in [0, 0.05) is 5.57 Å². The number of benzene rings is 3. The fraction of sp³-hybridized carbons (Fsp3) is 0.242. The van der Waals surface area contributed by atoms with Crippen LogP contribution in [0.25, 0.3) is 17.7 Å². The Hall–Kier alpha value is -3.45. The van der Waals surface area contributed by atoms with Crippen molar-refractivity contribution in [2.45, 2.75) is 52.4 Å². The Balaban J connectivity index is 2.00. The van der Waals surface area contributed by atoms with Crippen LogP contribution in [0.2, 0.25) is 0 Å². The molecule has 0 bridgehead atoms. The molecule has 0 aromatic heterocycles. The lowest BCUT2D eigenvalue weighted by Crippen LogP contribution is -2.01. The average molecular weight is 449 g/mol. The van der Waals surface area contributed by atoms with E-state index in [1.165, 1.54) is 16.7 Å². The smallest absolute Gasteiger partial charge is 0.160 e. The van der Waals surface area contributed by atoms with Crippen LogP contribution in [0.15, 0.2) is 91.5 Å². The molecule has 3 aromatic carbocycles. The van der Waals surface area contributed by atoms with Crippen molar-refractivity contribution < 1.29 is 4.79 Å². The number of allylic oxidation sites excluding steroid dienone is 3. The molecule has 3 rings (SSSR count). The van der Waals surface area contributed by atoms with Crippen LogP contribution in [0.3, 0.4) is 0 Å². The van der Waals surface area contributed by atoms with Crippen molar-refractivity contribution in [3.05, 3.63) is 125 Å². The number of Topliss-reactive ketones (excluding diaryl/α,β-unsaturated/α-hetero) is 1. The first-order chi connectivity index (χ1) is 16.5. The maximum Gasteiger partial charge on any atom is 0.160 e. The molecule has 0 spiro atoms. The minimum Gasteiger partial charge on any atom is -0.294 e. The summed E-state index contributed by atoms with van der Waals surface area (Å²) in [7, 11) is 0. The van der Waals surface area contributed by atoms with Gasteiger partial charge < -0.3 is 0 Å². The summed E-state index contributed by atoms with van der Waals surface area (Å²) in [6.07, 6.45) is 12.4. The second-order valence-electron chi connectivity index (χ2n) is 8.92. The molecule has 3 aromatic rings. The second-order valence-corrected chi connectivity index (χ2v) is 8.92. The van der Waals surface area contributed by atoms with Crippen LogP contribution in [0.1, 0.15) is 72.9 Å². The molecule has 1 atom stereocenters. The lowest BCUT2D eigenvalue weighted by Gasteiger charge is -2.15. The van der Waals surface area contributed by atoms with E-state index in [0.717, 1.165) is 47.9 Å². The number of hydrogen-bond acceptors (Lipinski definition) is 1. The fourth-order valence-electron chi connectivity index (χ4n) is 4.30. The molecule has 0 radical (unpaired) electrons. The summed E-state index contributed by atoms with van der Waals surface area (Å²) < 4.78 is 0. The largest absolute Gasteiger partial charge is 0.294 e. The Bertz CT molecular complexity index is 1160. The molecule has 0 saturated heterocycles. The van der Waals surface area contributed by atoms with Gasteiger partial charge >= 0.3 is 0 Å². The van der Waals surface area contributed by atoms with Gasteiger partial charge in [-0.05, 0) is 71.6 Å². The molecule has 1 nitrogen and oxygen atoms in total. The minimum absolute atomic E-state index is 0.0588. The maximum atomic E-state index is 12.7. The van der Waals surface area contributed by atoms with Gasteiger partial charge in [0.1, 0.15) is 0 Å². The van der Waals surface area contributed by atoms with E-state index in [9.17, 15) is 4.79 Å². The van der Waals surface area contributed by atoms with Crippen molar-refractivity contribution in [3.8, 4) is 0 Å². The van der Waals surface area contributed by atoms with E-state index in [4.69, 9.17) is 0 Å². The highest BCUT2D eigenvalue weighted by molar-refractivity contribution is 6.25. The topological polar surface area (TPSA) is 17.1 Å². The van der Waals surface area contributed by atoms with Crippen LogP contribution in [0, 0.1) is 0 Å². The van der Waals surface area contributed by atoms with Gasteiger partial charge in [0.2, 0.25) is 0 Å². The SMILES string of the molecule is C=Cc1ccccc1/C(=C/c1ccc(CC(C)c2ccccc2)cc1CC=CCCC)C(C)=O. The molecule has 0 N–H and O–H groups in total. The molecular weight excluding hydrogens is 412 g/mol. The van der Waals surface area contributed by atoms with Crippen LogP contribution < -0.4 is 0 Å². The average Bonchev–Trinajstić information content (AvgIpc) is 2.86. The van der Waals surface area contributed by atoms with Crippen molar-refractivity contribution in [2.75, 3.05) is 0 Å². The zero-order chi connectivity index (χ0) is 24.3. The van der Waals surface area contributed by atoms with Crippen molar-refractivity contribution >= 4 is 23.5 Å². The Morgan fingerprint density at radius 3 is 2.38 bits per heavy atom. The van der Waals surface area contributed by atoms with E-state index >= 15 is 0 Å². The number of rotatable bonds is 11. The van der Waals surface area contributed by atoms with Crippen LogP contribution in [-0.4, -0.2) is 5.78 Å². The van der Waals surface area contributed by atoms with Crippen LogP contribution in [-0.2, 0) is 17.6 Å². The number of carbonyl (C=O) groups excluding carboxylic acids is 1. The summed E-state index contributed by atoms with van der Waals surface area (Å²) in [6.45, 7) is 10.1. The zero-order valence-corrected chi connectivity index (χ0v) is 20.8. The Morgan fingerprint density at radius 1 is 0.941 bits per heavy atom. The lowest BCUT2D eigenvalue weighted by atomic mass is 9.89. The number of carbonyl (C=O) groups is 1. The molecule has 0 aliphatic rings. The lowest BCUT2D eigenvalue weighted by molar-refractivity contribution is -0.111. The van der Waals surface area contributed by atoms with Crippen LogP contribution in [0.5, 0.6) is 0 Å². The highest BCUT2D eigenvalue weighted by Crippen LogP contribution is 2.27. The summed E-state index contributed by atoms with van der Waals surface area (Å²) in [6, 6.07) is 25.3. The quantitative estimate of drug-likeness (QED) is 0.163. The predicted molar refractivity (Wildman–Crippen MR) is 148 cm³/mol. The summed E-state index contributed by atoms with van der Waals surface area (Å²) in [5.74, 6) is 0.502.